The molecule has 0 radical (unpaired) electrons. The summed E-state index contributed by atoms with van der Waals surface area (Å²) in [5.74, 6) is -0.472. The first kappa shape index (κ1) is 9.86. The maximum atomic E-state index is 13.0. The van der Waals surface area contributed by atoms with Crippen LogP contribution in [0.25, 0.3) is 6.08 Å². The molecule has 0 saturated heterocycles. The number of pyridine rings is 1. The van der Waals surface area contributed by atoms with Crippen molar-refractivity contribution in [3.63, 3.8) is 0 Å². The van der Waals surface area contributed by atoms with Crippen LogP contribution in [0.5, 0.6) is 0 Å². The standard InChI is InChI=1S/C10H12FNO/c1-8-6-9(4-2-3-5-13)10(11)12-7-8/h2,4,6-7,13H,3,5H2,1H3. The van der Waals surface area contributed by atoms with Crippen molar-refractivity contribution in [1.29, 1.82) is 0 Å². The molecule has 0 bridgehead atoms. The lowest BCUT2D eigenvalue weighted by atomic mass is 10.2. The number of hydrogen-bond acceptors (Lipinski definition) is 2. The number of aryl methyl sites for hydroxylation is 1. The van der Waals surface area contributed by atoms with Crippen LogP contribution in [0.2, 0.25) is 0 Å². The fraction of sp³-hybridized carbons (Fsp3) is 0.300. The van der Waals surface area contributed by atoms with Crippen molar-refractivity contribution in [2.45, 2.75) is 13.3 Å². The van der Waals surface area contributed by atoms with Gasteiger partial charge in [0.05, 0.1) is 0 Å². The van der Waals surface area contributed by atoms with Crippen LogP contribution in [0, 0.1) is 12.9 Å². The molecule has 0 atom stereocenters. The quantitative estimate of drug-likeness (QED) is 0.723. The van der Waals surface area contributed by atoms with Crippen LogP contribution in [-0.2, 0) is 0 Å². The van der Waals surface area contributed by atoms with Gasteiger partial charge in [-0.1, -0.05) is 12.2 Å². The SMILES string of the molecule is Cc1cnc(F)c(C=CCCO)c1. The molecule has 0 aliphatic rings. The monoisotopic (exact) mass is 181 g/mol. The Morgan fingerprint density at radius 1 is 1.62 bits per heavy atom. The summed E-state index contributed by atoms with van der Waals surface area (Å²) < 4.78 is 13.0. The van der Waals surface area contributed by atoms with E-state index in [-0.39, 0.29) is 6.61 Å². The summed E-state index contributed by atoms with van der Waals surface area (Å²) in [6.07, 6.45) is 5.37. The molecule has 1 aromatic rings. The Morgan fingerprint density at radius 2 is 2.38 bits per heavy atom. The maximum Gasteiger partial charge on any atom is 0.220 e. The van der Waals surface area contributed by atoms with Crippen LogP contribution in [0.4, 0.5) is 4.39 Å². The second kappa shape index (κ2) is 4.72. The fourth-order valence-corrected chi connectivity index (χ4v) is 0.977. The summed E-state index contributed by atoms with van der Waals surface area (Å²) in [5.41, 5.74) is 1.39. The third-order valence-corrected chi connectivity index (χ3v) is 1.60. The molecule has 0 saturated carbocycles. The highest BCUT2D eigenvalue weighted by Crippen LogP contribution is 2.08. The first-order chi connectivity index (χ1) is 6.24. The highest BCUT2D eigenvalue weighted by molar-refractivity contribution is 5.49. The average molecular weight is 181 g/mol. The van der Waals surface area contributed by atoms with Gasteiger partial charge in [0, 0.05) is 18.4 Å². The van der Waals surface area contributed by atoms with E-state index in [0.717, 1.165) is 5.56 Å². The number of aromatic nitrogens is 1. The van der Waals surface area contributed by atoms with Crippen molar-refractivity contribution in [3.05, 3.63) is 35.4 Å². The van der Waals surface area contributed by atoms with Gasteiger partial charge in [-0.3, -0.25) is 0 Å². The van der Waals surface area contributed by atoms with E-state index in [2.05, 4.69) is 4.98 Å². The third kappa shape index (κ3) is 2.95. The Bertz CT molecular complexity index is 310. The highest BCUT2D eigenvalue weighted by atomic mass is 19.1. The number of aliphatic hydroxyl groups excluding tert-OH is 1. The van der Waals surface area contributed by atoms with Gasteiger partial charge in [0.15, 0.2) is 0 Å². The summed E-state index contributed by atoms with van der Waals surface area (Å²) in [5, 5.41) is 8.51. The summed E-state index contributed by atoms with van der Waals surface area (Å²) in [6.45, 7) is 1.94. The number of halogens is 1. The molecule has 1 rings (SSSR count). The topological polar surface area (TPSA) is 33.1 Å². The molecule has 0 unspecified atom stereocenters. The summed E-state index contributed by atoms with van der Waals surface area (Å²) in [7, 11) is 0. The van der Waals surface area contributed by atoms with Gasteiger partial charge >= 0.3 is 0 Å². The first-order valence-corrected chi connectivity index (χ1v) is 4.13. The van der Waals surface area contributed by atoms with E-state index in [9.17, 15) is 4.39 Å². The zero-order chi connectivity index (χ0) is 9.68. The largest absolute Gasteiger partial charge is 0.396 e. The summed E-state index contributed by atoms with van der Waals surface area (Å²) >= 11 is 0. The molecule has 1 N–H and O–H groups in total. The van der Waals surface area contributed by atoms with E-state index in [4.69, 9.17) is 5.11 Å². The third-order valence-electron chi connectivity index (χ3n) is 1.60. The highest BCUT2D eigenvalue weighted by Gasteiger charge is 1.98. The Morgan fingerprint density at radius 3 is 3.08 bits per heavy atom. The molecule has 3 heteroatoms. The van der Waals surface area contributed by atoms with Crippen molar-refractivity contribution in [3.8, 4) is 0 Å². The molecule has 13 heavy (non-hydrogen) atoms. The number of aliphatic hydroxyl groups is 1. The van der Waals surface area contributed by atoms with Gasteiger partial charge in [0.25, 0.3) is 0 Å². The lowest BCUT2D eigenvalue weighted by Gasteiger charge is -1.96. The van der Waals surface area contributed by atoms with Gasteiger partial charge < -0.3 is 5.11 Å². The molecule has 0 aliphatic heterocycles. The minimum absolute atomic E-state index is 0.0807. The molecule has 0 aliphatic carbocycles. The molecule has 0 fully saturated rings. The molecule has 1 aromatic heterocycles. The second-order valence-electron chi connectivity index (χ2n) is 2.81. The first-order valence-electron chi connectivity index (χ1n) is 4.13. The van der Waals surface area contributed by atoms with E-state index in [0.29, 0.717) is 12.0 Å². The molecule has 0 aromatic carbocycles. The van der Waals surface area contributed by atoms with Crippen molar-refractivity contribution < 1.29 is 9.50 Å². The average Bonchev–Trinajstić information content (AvgIpc) is 2.11. The fourth-order valence-electron chi connectivity index (χ4n) is 0.977. The van der Waals surface area contributed by atoms with E-state index in [1.54, 1.807) is 18.2 Å². The molecule has 0 amide bonds. The Kier molecular flexibility index (Phi) is 3.58. The van der Waals surface area contributed by atoms with Gasteiger partial charge in [-0.2, -0.15) is 4.39 Å². The van der Waals surface area contributed by atoms with Crippen molar-refractivity contribution in [1.82, 2.24) is 4.98 Å². The Balaban J connectivity index is 2.81. The van der Waals surface area contributed by atoms with E-state index in [1.807, 2.05) is 6.92 Å². The zero-order valence-corrected chi connectivity index (χ0v) is 7.50. The Labute approximate surface area is 76.7 Å². The zero-order valence-electron chi connectivity index (χ0n) is 7.50. The molecule has 1 heterocycles. The molecule has 0 spiro atoms. The van der Waals surface area contributed by atoms with Gasteiger partial charge in [-0.15, -0.1) is 0 Å². The predicted molar refractivity (Wildman–Crippen MR) is 49.7 cm³/mol. The lowest BCUT2D eigenvalue weighted by Crippen LogP contribution is -1.88. The van der Waals surface area contributed by atoms with Crippen molar-refractivity contribution in [2.75, 3.05) is 6.61 Å². The number of hydrogen-bond donors (Lipinski definition) is 1. The summed E-state index contributed by atoms with van der Waals surface area (Å²) in [6, 6.07) is 1.72. The maximum absolute atomic E-state index is 13.0. The van der Waals surface area contributed by atoms with Gasteiger partial charge in [-0.25, -0.2) is 4.98 Å². The van der Waals surface area contributed by atoms with Gasteiger partial charge in [0.1, 0.15) is 0 Å². The molecular weight excluding hydrogens is 169 g/mol. The Hall–Kier alpha value is -1.22. The molecule has 70 valence electrons. The molecule has 2 nitrogen and oxygen atoms in total. The predicted octanol–water partition coefficient (Wildman–Crippen LogP) is 1.92. The second-order valence-corrected chi connectivity index (χ2v) is 2.81. The van der Waals surface area contributed by atoms with Crippen LogP contribution < -0.4 is 0 Å². The van der Waals surface area contributed by atoms with E-state index >= 15 is 0 Å². The minimum Gasteiger partial charge on any atom is -0.396 e. The molecular formula is C10H12FNO. The number of rotatable bonds is 3. The van der Waals surface area contributed by atoms with E-state index in [1.165, 1.54) is 6.20 Å². The smallest absolute Gasteiger partial charge is 0.220 e. The van der Waals surface area contributed by atoms with Gasteiger partial charge in [-0.05, 0) is 25.0 Å². The van der Waals surface area contributed by atoms with Gasteiger partial charge in [0.2, 0.25) is 5.95 Å². The van der Waals surface area contributed by atoms with Crippen LogP contribution >= 0.6 is 0 Å². The van der Waals surface area contributed by atoms with Crippen LogP contribution in [-0.4, -0.2) is 16.7 Å². The summed E-state index contributed by atoms with van der Waals surface area (Å²) in [4.78, 5) is 3.58. The lowest BCUT2D eigenvalue weighted by molar-refractivity contribution is 0.303. The van der Waals surface area contributed by atoms with Crippen LogP contribution in [0.3, 0.4) is 0 Å². The van der Waals surface area contributed by atoms with E-state index < -0.39 is 5.95 Å². The van der Waals surface area contributed by atoms with Crippen molar-refractivity contribution >= 4 is 6.08 Å². The minimum atomic E-state index is -0.472. The van der Waals surface area contributed by atoms with Crippen LogP contribution in [0.15, 0.2) is 18.3 Å². The normalized spacial score (nSPS) is 11.0. The van der Waals surface area contributed by atoms with Crippen LogP contribution in [0.1, 0.15) is 17.5 Å². The number of nitrogens with zero attached hydrogens (tertiary/aromatic N) is 1. The van der Waals surface area contributed by atoms with Crippen molar-refractivity contribution in [2.24, 2.45) is 0 Å².